The van der Waals surface area contributed by atoms with Gasteiger partial charge in [-0.15, -0.1) is 11.3 Å². The smallest absolute Gasteiger partial charge is 0.375 e. The average Bonchev–Trinajstić information content (AvgIpc) is 3.38. The number of thiophene rings is 1. The Labute approximate surface area is 166 Å². The number of nitrogens with one attached hydrogen (secondary N) is 1. The lowest BCUT2D eigenvalue weighted by molar-refractivity contribution is -0.129. The van der Waals surface area contributed by atoms with Crippen LogP contribution in [0.15, 0.2) is 58.3 Å². The number of ether oxygens (including phenoxy) is 1. The number of ketones is 1. The van der Waals surface area contributed by atoms with Gasteiger partial charge in [0.1, 0.15) is 5.76 Å². The maximum absolute atomic E-state index is 12.2. The first-order valence-corrected chi connectivity index (χ1v) is 9.54. The average molecular weight is 397 g/mol. The van der Waals surface area contributed by atoms with E-state index in [9.17, 15) is 14.4 Å². The van der Waals surface area contributed by atoms with Gasteiger partial charge in [0, 0.05) is 16.0 Å². The summed E-state index contributed by atoms with van der Waals surface area (Å²) in [6, 6.07) is 13.8. The summed E-state index contributed by atoms with van der Waals surface area (Å²) in [5, 5.41) is 4.65. The summed E-state index contributed by atoms with van der Waals surface area (Å²) in [6.45, 7) is 3.39. The van der Waals surface area contributed by atoms with E-state index in [1.54, 1.807) is 30.3 Å². The monoisotopic (exact) mass is 397 g/mol. The fourth-order valence-corrected chi connectivity index (χ4v) is 3.12. The van der Waals surface area contributed by atoms with Crippen molar-refractivity contribution in [2.75, 3.05) is 0 Å². The van der Waals surface area contributed by atoms with Gasteiger partial charge in [0.05, 0.1) is 6.54 Å². The zero-order valence-corrected chi connectivity index (χ0v) is 16.2. The minimum Gasteiger partial charge on any atom is -0.449 e. The van der Waals surface area contributed by atoms with Gasteiger partial charge in [-0.05, 0) is 37.4 Å². The van der Waals surface area contributed by atoms with E-state index in [0.29, 0.717) is 17.9 Å². The van der Waals surface area contributed by atoms with Crippen LogP contribution < -0.4 is 5.32 Å². The van der Waals surface area contributed by atoms with E-state index in [0.717, 1.165) is 10.4 Å². The molecule has 1 aromatic carbocycles. The Kier molecular flexibility index (Phi) is 6.06. The number of carbonyl (C=O) groups excluding carboxylic acids is 3. The number of amides is 1. The Morgan fingerprint density at radius 2 is 1.86 bits per heavy atom. The molecule has 0 aliphatic carbocycles. The minimum atomic E-state index is -0.948. The third-order valence-corrected chi connectivity index (χ3v) is 4.93. The van der Waals surface area contributed by atoms with Crippen LogP contribution >= 0.6 is 11.3 Å². The zero-order chi connectivity index (χ0) is 20.1. The summed E-state index contributed by atoms with van der Waals surface area (Å²) in [7, 11) is 0. The predicted octanol–water partition coefficient (Wildman–Crippen LogP) is 4.07. The lowest BCUT2D eigenvalue weighted by Gasteiger charge is -2.12. The van der Waals surface area contributed by atoms with Crippen LogP contribution in [-0.4, -0.2) is 23.8 Å². The van der Waals surface area contributed by atoms with Crippen molar-refractivity contribution in [2.45, 2.75) is 26.5 Å². The van der Waals surface area contributed by atoms with Gasteiger partial charge >= 0.3 is 5.97 Å². The minimum absolute atomic E-state index is 0.00329. The van der Waals surface area contributed by atoms with Gasteiger partial charge < -0.3 is 14.5 Å². The van der Waals surface area contributed by atoms with Crippen LogP contribution in [0.5, 0.6) is 0 Å². The second-order valence-electron chi connectivity index (χ2n) is 6.14. The molecule has 1 atom stereocenters. The molecule has 0 saturated heterocycles. The Bertz CT molecular complexity index is 973. The number of benzene rings is 1. The molecule has 0 fully saturated rings. The predicted molar refractivity (Wildman–Crippen MR) is 105 cm³/mol. The Morgan fingerprint density at radius 1 is 1.11 bits per heavy atom. The molecule has 0 saturated carbocycles. The summed E-state index contributed by atoms with van der Waals surface area (Å²) in [5.41, 5.74) is 1.32. The van der Waals surface area contributed by atoms with E-state index in [1.165, 1.54) is 31.3 Å². The molecule has 7 heteroatoms. The molecule has 0 spiro atoms. The van der Waals surface area contributed by atoms with E-state index in [1.807, 2.05) is 17.5 Å². The lowest BCUT2D eigenvalue weighted by Crippen LogP contribution is -2.35. The molecule has 1 N–H and O–H groups in total. The maximum atomic E-state index is 12.2. The second-order valence-corrected chi connectivity index (χ2v) is 7.17. The van der Waals surface area contributed by atoms with Crippen LogP contribution in [0.4, 0.5) is 0 Å². The van der Waals surface area contributed by atoms with Crippen molar-refractivity contribution in [3.63, 3.8) is 0 Å². The molecule has 6 nitrogen and oxygen atoms in total. The van der Waals surface area contributed by atoms with Crippen molar-refractivity contribution in [1.82, 2.24) is 5.32 Å². The molecule has 0 aliphatic rings. The number of carbonyl (C=O) groups is 3. The van der Waals surface area contributed by atoms with Crippen LogP contribution in [0, 0.1) is 0 Å². The molecule has 0 radical (unpaired) electrons. The molecule has 1 amide bonds. The molecule has 2 heterocycles. The van der Waals surface area contributed by atoms with Crippen LogP contribution in [0.2, 0.25) is 0 Å². The first kappa shape index (κ1) is 19.6. The van der Waals surface area contributed by atoms with Crippen molar-refractivity contribution in [1.29, 1.82) is 0 Å². The standard InChI is InChI=1S/C21H19NO5S/c1-13(23)15-5-7-16(8-6-15)18-9-10-19(27-18)21(25)26-14(2)20(24)22-12-17-4-3-11-28-17/h3-11,14H,12H2,1-2H3,(H,22,24)/t14-/m1/s1. The molecule has 3 rings (SSSR count). The summed E-state index contributed by atoms with van der Waals surface area (Å²) in [6.07, 6.45) is -0.948. The lowest BCUT2D eigenvalue weighted by atomic mass is 10.1. The highest BCUT2D eigenvalue weighted by Gasteiger charge is 2.21. The van der Waals surface area contributed by atoms with E-state index in [2.05, 4.69) is 5.32 Å². The third kappa shape index (κ3) is 4.75. The summed E-state index contributed by atoms with van der Waals surface area (Å²) < 4.78 is 10.7. The van der Waals surface area contributed by atoms with E-state index in [4.69, 9.17) is 9.15 Å². The second kappa shape index (κ2) is 8.67. The fraction of sp³-hybridized carbons (Fsp3) is 0.190. The number of Topliss-reactive ketones (excluding diaryl/α,β-unsaturated/α-hetero) is 1. The van der Waals surface area contributed by atoms with Crippen molar-refractivity contribution in [3.8, 4) is 11.3 Å². The van der Waals surface area contributed by atoms with Crippen LogP contribution in [-0.2, 0) is 16.1 Å². The van der Waals surface area contributed by atoms with Crippen molar-refractivity contribution >= 4 is 29.0 Å². The first-order chi connectivity index (χ1) is 13.4. The van der Waals surface area contributed by atoms with Gasteiger partial charge in [-0.1, -0.05) is 30.3 Å². The summed E-state index contributed by atoms with van der Waals surface area (Å²) in [5.74, 6) is -0.652. The highest BCUT2D eigenvalue weighted by atomic mass is 32.1. The van der Waals surface area contributed by atoms with Crippen LogP contribution in [0.25, 0.3) is 11.3 Å². The topological polar surface area (TPSA) is 85.6 Å². The molecule has 28 heavy (non-hydrogen) atoms. The highest BCUT2D eigenvalue weighted by Crippen LogP contribution is 2.23. The van der Waals surface area contributed by atoms with E-state index in [-0.39, 0.29) is 17.5 Å². The molecule has 0 bridgehead atoms. The maximum Gasteiger partial charge on any atom is 0.375 e. The molecule has 0 aliphatic heterocycles. The molecule has 144 valence electrons. The number of hydrogen-bond donors (Lipinski definition) is 1. The molecular formula is C21H19NO5S. The molecule has 2 aromatic heterocycles. The Hall–Kier alpha value is -3.19. The van der Waals surface area contributed by atoms with E-state index < -0.39 is 12.1 Å². The molecular weight excluding hydrogens is 378 g/mol. The number of esters is 1. The normalized spacial score (nSPS) is 11.6. The van der Waals surface area contributed by atoms with E-state index >= 15 is 0 Å². The SMILES string of the molecule is CC(=O)c1ccc(-c2ccc(C(=O)O[C@H](C)C(=O)NCc3cccs3)o2)cc1. The van der Waals surface area contributed by atoms with Gasteiger partial charge in [-0.25, -0.2) is 4.79 Å². The largest absolute Gasteiger partial charge is 0.449 e. The van der Waals surface area contributed by atoms with Crippen LogP contribution in [0.1, 0.15) is 39.6 Å². The Morgan fingerprint density at radius 3 is 2.50 bits per heavy atom. The number of furan rings is 1. The summed E-state index contributed by atoms with van der Waals surface area (Å²) >= 11 is 1.53. The number of rotatable bonds is 7. The van der Waals surface area contributed by atoms with Gasteiger partial charge in [0.2, 0.25) is 5.76 Å². The first-order valence-electron chi connectivity index (χ1n) is 8.66. The van der Waals surface area contributed by atoms with Crippen molar-refractivity contribution < 1.29 is 23.5 Å². The zero-order valence-electron chi connectivity index (χ0n) is 15.4. The van der Waals surface area contributed by atoms with Gasteiger partial charge in [0.15, 0.2) is 11.9 Å². The van der Waals surface area contributed by atoms with Crippen molar-refractivity contribution in [2.24, 2.45) is 0 Å². The Balaban J connectivity index is 1.58. The van der Waals surface area contributed by atoms with Crippen molar-refractivity contribution in [3.05, 3.63) is 70.1 Å². The quantitative estimate of drug-likeness (QED) is 0.480. The molecule has 3 aromatic rings. The van der Waals surface area contributed by atoms with Crippen LogP contribution in [0.3, 0.4) is 0 Å². The van der Waals surface area contributed by atoms with Gasteiger partial charge in [-0.2, -0.15) is 0 Å². The summed E-state index contributed by atoms with van der Waals surface area (Å²) in [4.78, 5) is 36.7. The van der Waals surface area contributed by atoms with Gasteiger partial charge in [-0.3, -0.25) is 9.59 Å². The fourth-order valence-electron chi connectivity index (χ4n) is 2.48. The highest BCUT2D eigenvalue weighted by molar-refractivity contribution is 7.09. The number of hydrogen-bond acceptors (Lipinski definition) is 6. The van der Waals surface area contributed by atoms with Gasteiger partial charge in [0.25, 0.3) is 5.91 Å². The third-order valence-electron chi connectivity index (χ3n) is 4.05. The molecule has 0 unspecified atom stereocenters.